The van der Waals surface area contributed by atoms with Crippen LogP contribution in [0.15, 0.2) is 30.6 Å². The maximum Gasteiger partial charge on any atom is 0.262 e. The summed E-state index contributed by atoms with van der Waals surface area (Å²) in [5.74, 6) is -0.0765. The third kappa shape index (κ3) is 4.35. The van der Waals surface area contributed by atoms with Crippen LogP contribution in [0.5, 0.6) is 0 Å². The lowest BCUT2D eigenvalue weighted by molar-refractivity contribution is -0.659. The molecule has 0 spiro atoms. The van der Waals surface area contributed by atoms with Crippen LogP contribution >= 0.6 is 0 Å². The van der Waals surface area contributed by atoms with Crippen molar-refractivity contribution < 1.29 is 14.5 Å². The molecule has 5 nitrogen and oxygen atoms in total. The summed E-state index contributed by atoms with van der Waals surface area (Å²) in [4.78, 5) is 12.4. The van der Waals surface area contributed by atoms with E-state index in [0.29, 0.717) is 0 Å². The molecule has 2 rings (SSSR count). The summed E-state index contributed by atoms with van der Waals surface area (Å²) in [6, 6.07) is 7.89. The molecule has 0 radical (unpaired) electrons. The normalized spacial score (nSPS) is 13.2. The molecule has 132 valence electrons. The maximum atomic E-state index is 12.4. The quantitative estimate of drug-likeness (QED) is 0.764. The van der Waals surface area contributed by atoms with E-state index in [1.165, 1.54) is 0 Å². The highest BCUT2D eigenvalue weighted by atomic mass is 16.3. The van der Waals surface area contributed by atoms with Crippen molar-refractivity contribution in [1.29, 1.82) is 0 Å². The minimum absolute atomic E-state index is 0.0574. The molecule has 0 saturated carbocycles. The molecular formula is C19H30N3O2+. The number of hydrogen-bond donors (Lipinski definition) is 2. The van der Waals surface area contributed by atoms with Crippen LogP contribution in [0.25, 0.3) is 11.0 Å². The number of fused-ring (bicyclic) bond motifs is 1. The molecule has 1 atom stereocenters. The number of aliphatic hydroxyl groups excluding tert-OH is 1. The van der Waals surface area contributed by atoms with E-state index in [-0.39, 0.29) is 30.5 Å². The summed E-state index contributed by atoms with van der Waals surface area (Å²) in [5, 5.41) is 12.5. The molecule has 1 aromatic heterocycles. The fraction of sp³-hybridized carbons (Fsp3) is 0.579. The van der Waals surface area contributed by atoms with Crippen LogP contribution in [0.2, 0.25) is 0 Å². The Morgan fingerprint density at radius 3 is 2.67 bits per heavy atom. The van der Waals surface area contributed by atoms with Crippen LogP contribution in [0.4, 0.5) is 0 Å². The zero-order chi connectivity index (χ0) is 17.7. The van der Waals surface area contributed by atoms with Gasteiger partial charge in [0, 0.05) is 0 Å². The topological polar surface area (TPSA) is 58.1 Å². The van der Waals surface area contributed by atoms with Gasteiger partial charge in [-0.1, -0.05) is 46.2 Å². The molecule has 0 fully saturated rings. The molecule has 2 aromatic rings. The first-order chi connectivity index (χ1) is 11.4. The number of unbranched alkanes of at least 4 members (excludes halogenated alkanes) is 1. The molecule has 2 N–H and O–H groups in total. The van der Waals surface area contributed by atoms with Gasteiger partial charge in [0.2, 0.25) is 6.33 Å². The van der Waals surface area contributed by atoms with Gasteiger partial charge in [-0.2, -0.15) is 0 Å². The number of aryl methyl sites for hydroxylation is 1. The Morgan fingerprint density at radius 1 is 1.33 bits per heavy atom. The lowest BCUT2D eigenvalue weighted by Crippen LogP contribution is -2.51. The summed E-state index contributed by atoms with van der Waals surface area (Å²) < 4.78 is 4.19. The SMILES string of the molecule is CCCCn1c[n+](CC(=O)N[C@H](CO)C(C)(C)C)c2ccccc21. The molecule has 5 heteroatoms. The second-order valence-corrected chi connectivity index (χ2v) is 7.45. The van der Waals surface area contributed by atoms with Crippen molar-refractivity contribution in [3.05, 3.63) is 30.6 Å². The van der Waals surface area contributed by atoms with E-state index in [1.54, 1.807) is 0 Å². The summed E-state index contributed by atoms with van der Waals surface area (Å²) in [6.45, 7) is 9.36. The van der Waals surface area contributed by atoms with Gasteiger partial charge < -0.3 is 10.4 Å². The van der Waals surface area contributed by atoms with E-state index in [1.807, 2.05) is 49.9 Å². The van der Waals surface area contributed by atoms with Crippen molar-refractivity contribution in [3.63, 3.8) is 0 Å². The van der Waals surface area contributed by atoms with E-state index in [0.717, 1.165) is 30.4 Å². The number of carbonyl (C=O) groups excluding carboxylic acids is 1. The number of amides is 1. The smallest absolute Gasteiger partial charge is 0.262 e. The fourth-order valence-electron chi connectivity index (χ4n) is 2.81. The molecule has 0 unspecified atom stereocenters. The molecule has 1 amide bonds. The summed E-state index contributed by atoms with van der Waals surface area (Å²) in [5.41, 5.74) is 2.03. The van der Waals surface area contributed by atoms with Crippen molar-refractivity contribution in [2.45, 2.75) is 59.7 Å². The average Bonchev–Trinajstić information content (AvgIpc) is 2.87. The Bertz CT molecular complexity index is 685. The van der Waals surface area contributed by atoms with Crippen molar-refractivity contribution in [2.24, 2.45) is 5.41 Å². The minimum Gasteiger partial charge on any atom is -0.394 e. The van der Waals surface area contributed by atoms with Gasteiger partial charge in [-0.05, 0) is 24.0 Å². The van der Waals surface area contributed by atoms with Gasteiger partial charge >= 0.3 is 0 Å². The standard InChI is InChI=1S/C19H29N3O2/c1-5-6-11-21-14-22(16-10-8-7-9-15(16)21)12-18(24)20-17(13-23)19(2,3)4/h7-10,14,17,23H,5-6,11-13H2,1-4H3/p+1/t17-/m1/s1. The Hall–Kier alpha value is -1.88. The Labute approximate surface area is 144 Å². The van der Waals surface area contributed by atoms with Crippen molar-refractivity contribution >= 4 is 16.9 Å². The Kier molecular flexibility index (Phi) is 5.99. The van der Waals surface area contributed by atoms with E-state index in [2.05, 4.69) is 22.9 Å². The first-order valence-electron chi connectivity index (χ1n) is 8.74. The third-order valence-corrected chi connectivity index (χ3v) is 4.41. The zero-order valence-electron chi connectivity index (χ0n) is 15.2. The van der Waals surface area contributed by atoms with Crippen molar-refractivity contribution in [2.75, 3.05) is 6.61 Å². The van der Waals surface area contributed by atoms with E-state index in [4.69, 9.17) is 0 Å². The predicted molar refractivity (Wildman–Crippen MR) is 95.5 cm³/mol. The number of aliphatic hydroxyl groups is 1. The van der Waals surface area contributed by atoms with Gasteiger partial charge in [0.1, 0.15) is 0 Å². The molecule has 0 aliphatic carbocycles. The largest absolute Gasteiger partial charge is 0.394 e. The highest BCUT2D eigenvalue weighted by molar-refractivity contribution is 5.76. The Balaban J connectivity index is 2.18. The summed E-state index contributed by atoms with van der Waals surface area (Å²) >= 11 is 0. The minimum atomic E-state index is -0.251. The number of nitrogens with one attached hydrogen (secondary N) is 1. The number of hydrogen-bond acceptors (Lipinski definition) is 2. The second-order valence-electron chi connectivity index (χ2n) is 7.45. The first-order valence-corrected chi connectivity index (χ1v) is 8.74. The maximum absolute atomic E-state index is 12.4. The molecule has 0 saturated heterocycles. The van der Waals surface area contributed by atoms with E-state index >= 15 is 0 Å². The molecule has 0 bridgehead atoms. The number of carbonyl (C=O) groups is 1. The third-order valence-electron chi connectivity index (χ3n) is 4.41. The molecule has 0 aliphatic rings. The van der Waals surface area contributed by atoms with Crippen LogP contribution in [-0.2, 0) is 17.9 Å². The number of para-hydroxylation sites is 2. The van der Waals surface area contributed by atoms with Gasteiger partial charge in [-0.15, -0.1) is 0 Å². The van der Waals surface area contributed by atoms with E-state index in [9.17, 15) is 9.90 Å². The zero-order valence-corrected chi connectivity index (χ0v) is 15.2. The van der Waals surface area contributed by atoms with Gasteiger partial charge in [0.25, 0.3) is 5.91 Å². The van der Waals surface area contributed by atoms with Crippen LogP contribution in [0.3, 0.4) is 0 Å². The fourth-order valence-corrected chi connectivity index (χ4v) is 2.81. The lowest BCUT2D eigenvalue weighted by atomic mass is 9.87. The Morgan fingerprint density at radius 2 is 2.04 bits per heavy atom. The molecule has 24 heavy (non-hydrogen) atoms. The van der Waals surface area contributed by atoms with E-state index < -0.39 is 0 Å². The van der Waals surface area contributed by atoms with Gasteiger partial charge in [0.15, 0.2) is 17.6 Å². The first kappa shape index (κ1) is 18.5. The summed E-state index contributed by atoms with van der Waals surface area (Å²) in [6.07, 6.45) is 4.27. The monoisotopic (exact) mass is 332 g/mol. The highest BCUT2D eigenvalue weighted by Gasteiger charge is 2.26. The van der Waals surface area contributed by atoms with Crippen LogP contribution in [-0.4, -0.2) is 28.2 Å². The van der Waals surface area contributed by atoms with Crippen molar-refractivity contribution in [3.8, 4) is 0 Å². The molecule has 1 heterocycles. The number of benzene rings is 1. The number of aromatic nitrogens is 2. The number of nitrogens with zero attached hydrogens (tertiary/aromatic N) is 2. The van der Waals surface area contributed by atoms with Gasteiger partial charge in [-0.3, -0.25) is 4.79 Å². The van der Waals surface area contributed by atoms with Gasteiger partial charge in [0.05, 0.1) is 19.2 Å². The van der Waals surface area contributed by atoms with Gasteiger partial charge in [-0.25, -0.2) is 9.13 Å². The van der Waals surface area contributed by atoms with Crippen molar-refractivity contribution in [1.82, 2.24) is 9.88 Å². The molecule has 0 aliphatic heterocycles. The number of rotatable bonds is 7. The van der Waals surface area contributed by atoms with Crippen LogP contribution < -0.4 is 9.88 Å². The molecular weight excluding hydrogens is 302 g/mol. The van der Waals surface area contributed by atoms with Crippen LogP contribution in [0, 0.1) is 5.41 Å². The van der Waals surface area contributed by atoms with Crippen LogP contribution in [0.1, 0.15) is 40.5 Å². The highest BCUT2D eigenvalue weighted by Crippen LogP contribution is 2.18. The average molecular weight is 332 g/mol. The second kappa shape index (κ2) is 7.79. The lowest BCUT2D eigenvalue weighted by Gasteiger charge is -2.29. The summed E-state index contributed by atoms with van der Waals surface area (Å²) in [7, 11) is 0. The number of imidazole rings is 1. The predicted octanol–water partition coefficient (Wildman–Crippen LogP) is 2.25. The molecule has 1 aromatic carbocycles.